The number of anilines is 6. The summed E-state index contributed by atoms with van der Waals surface area (Å²) in [6.45, 7) is 0. The number of rotatable bonds is 13. The highest BCUT2D eigenvalue weighted by Gasteiger charge is 2.15. The Labute approximate surface area is 329 Å². The first-order valence-electron chi connectivity index (χ1n) is 17.7. The Morgan fingerprint density at radius 1 is 0.491 bits per heavy atom. The standard InChI is InChI=1S/C48H33N5O4/c49-33-39(47(54)51-57)11-7-9-35-17-25-43(26-18-35)52(41-13-3-1-4-14-41)45-29-21-37(22-30-45)38-23-31-46(32-24-38)53(42-15-5-2-6-16-42)44-27-19-36(20-28-44)10-8-12-40(34-50)48(55)56/h1-32H,(H,55,56)/b9-7+,10-8+,39-11+,40-12+. The van der Waals surface area contributed by atoms with E-state index >= 15 is 0 Å². The molecule has 0 unspecified atom stereocenters. The average Bonchev–Trinajstić information content (AvgIpc) is 3.26. The number of carboxylic acid groups (broad SMARTS) is 1. The van der Waals surface area contributed by atoms with Crippen LogP contribution in [0.15, 0.2) is 198 Å². The Morgan fingerprint density at radius 2 is 0.825 bits per heavy atom. The second-order valence-corrected chi connectivity index (χ2v) is 12.4. The zero-order valence-electron chi connectivity index (χ0n) is 30.4. The normalized spacial score (nSPS) is 11.5. The zero-order chi connectivity index (χ0) is 40.0. The molecule has 57 heavy (non-hydrogen) atoms. The summed E-state index contributed by atoms with van der Waals surface area (Å²) in [5.41, 5.74) is 8.88. The second kappa shape index (κ2) is 18.6. The largest absolute Gasteiger partial charge is 0.477 e. The molecule has 0 fully saturated rings. The molecular weight excluding hydrogens is 711 g/mol. The molecule has 0 atom stereocenters. The molecule has 0 heterocycles. The van der Waals surface area contributed by atoms with Crippen LogP contribution in [-0.2, 0) is 9.59 Å². The Morgan fingerprint density at radius 3 is 1.16 bits per heavy atom. The molecule has 0 aromatic heterocycles. The highest BCUT2D eigenvalue weighted by molar-refractivity contribution is 5.98. The van der Waals surface area contributed by atoms with Crippen LogP contribution in [0.1, 0.15) is 11.1 Å². The van der Waals surface area contributed by atoms with Gasteiger partial charge in [0.25, 0.3) is 0 Å². The maximum absolute atomic E-state index is 11.4. The minimum absolute atomic E-state index is 0.331. The lowest BCUT2D eigenvalue weighted by Crippen LogP contribution is -2.10. The molecule has 0 aliphatic carbocycles. The number of allylic oxidation sites excluding steroid dienone is 4. The molecule has 0 spiro atoms. The molecule has 0 radical (unpaired) electrons. The van der Waals surface area contributed by atoms with Crippen molar-refractivity contribution in [1.82, 2.24) is 0 Å². The summed E-state index contributed by atoms with van der Waals surface area (Å²) in [5, 5.41) is 29.5. The number of carbonyl (C=O) groups excluding carboxylic acids is 1. The Balaban J connectivity index is 1.24. The molecule has 1 amide bonds. The van der Waals surface area contributed by atoms with Gasteiger partial charge in [-0.15, -0.1) is 4.91 Å². The van der Waals surface area contributed by atoms with Gasteiger partial charge in [-0.05, 0) is 107 Å². The van der Waals surface area contributed by atoms with Gasteiger partial charge in [0, 0.05) is 39.3 Å². The number of para-hydroxylation sites is 2. The van der Waals surface area contributed by atoms with Crippen LogP contribution in [0.25, 0.3) is 23.3 Å². The Bertz CT molecular complexity index is 2560. The number of nitroso groups, excluding NO2 is 1. The van der Waals surface area contributed by atoms with E-state index in [1.165, 1.54) is 18.2 Å². The number of amides is 1. The van der Waals surface area contributed by atoms with Crippen molar-refractivity contribution < 1.29 is 14.7 Å². The topological polar surface area (TPSA) is 138 Å². The molecule has 9 nitrogen and oxygen atoms in total. The second-order valence-electron chi connectivity index (χ2n) is 12.4. The highest BCUT2D eigenvalue weighted by atomic mass is 16.4. The summed E-state index contributed by atoms with van der Waals surface area (Å²) < 4.78 is 0. The van der Waals surface area contributed by atoms with Crippen molar-refractivity contribution in [2.75, 3.05) is 9.80 Å². The third kappa shape index (κ3) is 9.59. The maximum Gasteiger partial charge on any atom is 0.346 e. The monoisotopic (exact) mass is 743 g/mol. The quantitative estimate of drug-likeness (QED) is 0.0534. The van der Waals surface area contributed by atoms with Gasteiger partial charge in [-0.3, -0.25) is 4.79 Å². The summed E-state index contributed by atoms with van der Waals surface area (Å²) in [5.74, 6) is -2.37. The fourth-order valence-electron chi connectivity index (χ4n) is 6.00. The molecule has 274 valence electrons. The van der Waals surface area contributed by atoms with E-state index in [1.807, 2.05) is 109 Å². The molecule has 6 aromatic carbocycles. The van der Waals surface area contributed by atoms with Crippen molar-refractivity contribution in [3.63, 3.8) is 0 Å². The van der Waals surface area contributed by atoms with Crippen LogP contribution in [0.3, 0.4) is 0 Å². The minimum Gasteiger partial charge on any atom is -0.477 e. The molecule has 1 N–H and O–H groups in total. The third-order valence-electron chi connectivity index (χ3n) is 8.80. The van der Waals surface area contributed by atoms with Gasteiger partial charge in [-0.25, -0.2) is 4.79 Å². The lowest BCUT2D eigenvalue weighted by molar-refractivity contribution is -0.132. The summed E-state index contributed by atoms with van der Waals surface area (Å²) >= 11 is 0. The smallest absolute Gasteiger partial charge is 0.346 e. The number of hydrogen-bond donors (Lipinski definition) is 1. The van der Waals surface area contributed by atoms with Crippen molar-refractivity contribution in [2.24, 2.45) is 5.18 Å². The molecular formula is C48H33N5O4. The number of carboxylic acids is 1. The molecule has 0 saturated carbocycles. The van der Waals surface area contributed by atoms with Gasteiger partial charge < -0.3 is 14.9 Å². The van der Waals surface area contributed by atoms with Gasteiger partial charge in [0.2, 0.25) is 0 Å². The van der Waals surface area contributed by atoms with Gasteiger partial charge in [0.05, 0.1) is 0 Å². The Hall–Kier alpha value is -8.40. The number of aliphatic carboxylic acids is 1. The number of hydrogen-bond acceptors (Lipinski definition) is 7. The van der Waals surface area contributed by atoms with Crippen molar-refractivity contribution >= 4 is 58.2 Å². The van der Waals surface area contributed by atoms with Crippen molar-refractivity contribution in [3.8, 4) is 23.3 Å². The first-order chi connectivity index (χ1) is 27.9. The summed E-state index contributed by atoms with van der Waals surface area (Å²) in [6, 6.07) is 55.9. The summed E-state index contributed by atoms with van der Waals surface area (Å²) in [6.07, 6.45) is 9.12. The van der Waals surface area contributed by atoms with E-state index in [0.717, 1.165) is 56.4 Å². The van der Waals surface area contributed by atoms with E-state index in [0.29, 0.717) is 0 Å². The molecule has 0 bridgehead atoms. The van der Waals surface area contributed by atoms with Crippen LogP contribution in [0.4, 0.5) is 34.1 Å². The van der Waals surface area contributed by atoms with Crippen LogP contribution in [0.2, 0.25) is 0 Å². The van der Waals surface area contributed by atoms with Gasteiger partial charge in [-0.1, -0.05) is 109 Å². The van der Waals surface area contributed by atoms with Gasteiger partial charge in [-0.2, -0.15) is 10.5 Å². The van der Waals surface area contributed by atoms with Crippen LogP contribution < -0.4 is 9.80 Å². The fourth-order valence-corrected chi connectivity index (χ4v) is 6.00. The Kier molecular flexibility index (Phi) is 12.5. The lowest BCUT2D eigenvalue weighted by atomic mass is 10.0. The number of nitrogens with zero attached hydrogens (tertiary/aromatic N) is 5. The molecule has 6 rings (SSSR count). The lowest BCUT2D eigenvalue weighted by Gasteiger charge is -2.26. The van der Waals surface area contributed by atoms with Crippen molar-refractivity contribution in [1.29, 1.82) is 10.5 Å². The zero-order valence-corrected chi connectivity index (χ0v) is 30.4. The predicted octanol–water partition coefficient (Wildman–Crippen LogP) is 11.6. The SMILES string of the molecule is N#C/C(=C\C=C\c1ccc(N(c2ccccc2)c2ccc(-c3ccc(N(c4ccccc4)c4ccc(/C=C/C=C(\C#N)C(=O)N=O)cc4)cc3)cc2)cc1)C(=O)O. The van der Waals surface area contributed by atoms with Crippen LogP contribution in [0.5, 0.6) is 0 Å². The van der Waals surface area contributed by atoms with E-state index < -0.39 is 11.9 Å². The van der Waals surface area contributed by atoms with E-state index in [4.69, 9.17) is 15.6 Å². The van der Waals surface area contributed by atoms with Crippen molar-refractivity contribution in [3.05, 3.63) is 209 Å². The van der Waals surface area contributed by atoms with Gasteiger partial charge in [0.15, 0.2) is 0 Å². The first-order valence-corrected chi connectivity index (χ1v) is 17.7. The van der Waals surface area contributed by atoms with E-state index in [1.54, 1.807) is 30.4 Å². The predicted molar refractivity (Wildman–Crippen MR) is 225 cm³/mol. The van der Waals surface area contributed by atoms with Gasteiger partial charge >= 0.3 is 11.9 Å². The van der Waals surface area contributed by atoms with Crippen molar-refractivity contribution in [2.45, 2.75) is 0 Å². The van der Waals surface area contributed by atoms with Crippen LogP contribution in [0, 0.1) is 27.6 Å². The summed E-state index contributed by atoms with van der Waals surface area (Å²) in [7, 11) is 0. The molecule has 0 saturated heterocycles. The van der Waals surface area contributed by atoms with E-state index in [-0.39, 0.29) is 11.1 Å². The molecule has 9 heteroatoms. The number of benzene rings is 6. The number of nitriles is 2. The first kappa shape index (κ1) is 38.3. The fraction of sp³-hybridized carbons (Fsp3) is 0. The van der Waals surface area contributed by atoms with E-state index in [9.17, 15) is 14.5 Å². The molecule has 0 aliphatic heterocycles. The molecule has 6 aromatic rings. The minimum atomic E-state index is -1.26. The summed E-state index contributed by atoms with van der Waals surface area (Å²) in [4.78, 5) is 37.4. The van der Waals surface area contributed by atoms with Crippen LogP contribution >= 0.6 is 0 Å². The maximum atomic E-state index is 11.4. The average molecular weight is 744 g/mol. The highest BCUT2D eigenvalue weighted by Crippen LogP contribution is 2.38. The van der Waals surface area contributed by atoms with E-state index in [2.05, 4.69) is 63.5 Å². The van der Waals surface area contributed by atoms with Gasteiger partial charge in [0.1, 0.15) is 23.3 Å². The van der Waals surface area contributed by atoms with Crippen LogP contribution in [-0.4, -0.2) is 17.0 Å². The number of carbonyl (C=O) groups is 2. The third-order valence-corrected chi connectivity index (χ3v) is 8.80. The molecule has 0 aliphatic rings.